The summed E-state index contributed by atoms with van der Waals surface area (Å²) in [5, 5.41) is 2.39. The molecule has 0 aliphatic rings. The molecular weight excluding hydrogens is 236 g/mol. The monoisotopic (exact) mass is 252 g/mol. The van der Waals surface area contributed by atoms with Crippen molar-refractivity contribution < 1.29 is 19.1 Å². The van der Waals surface area contributed by atoms with Crippen LogP contribution in [0, 0.1) is 0 Å². The number of primary amides is 1. The van der Waals surface area contributed by atoms with Gasteiger partial charge in [0.1, 0.15) is 11.9 Å². The molecule has 1 aromatic rings. The first-order chi connectivity index (χ1) is 8.60. The van der Waals surface area contributed by atoms with E-state index in [-0.39, 0.29) is 6.54 Å². The fraction of sp³-hybridized carbons (Fsp3) is 0.333. The molecule has 0 unspecified atom stereocenters. The van der Waals surface area contributed by atoms with Crippen molar-refractivity contribution >= 4 is 11.8 Å². The Bertz CT molecular complexity index is 434. The fourth-order valence-electron chi connectivity index (χ4n) is 1.53. The Kier molecular flexibility index (Phi) is 5.13. The van der Waals surface area contributed by atoms with Gasteiger partial charge in [-0.05, 0) is 6.07 Å². The van der Waals surface area contributed by atoms with Crippen LogP contribution in [0.1, 0.15) is 11.7 Å². The van der Waals surface area contributed by atoms with Crippen LogP contribution in [0.15, 0.2) is 24.3 Å². The zero-order valence-electron chi connectivity index (χ0n) is 10.3. The summed E-state index contributed by atoms with van der Waals surface area (Å²) in [7, 11) is 3.06. The molecule has 0 aliphatic carbocycles. The normalized spacial score (nSPS) is 11.7. The Labute approximate surface area is 105 Å². The van der Waals surface area contributed by atoms with Gasteiger partial charge in [-0.1, -0.05) is 18.2 Å². The molecule has 0 saturated heterocycles. The number of nitrogens with two attached hydrogens (primary N) is 1. The predicted octanol–water partition coefficient (Wildman–Crippen LogP) is -0.0158. The van der Waals surface area contributed by atoms with E-state index in [0.717, 1.165) is 5.56 Å². The summed E-state index contributed by atoms with van der Waals surface area (Å²) in [6.45, 7) is 0.138. The van der Waals surface area contributed by atoms with Gasteiger partial charge in [0.15, 0.2) is 0 Å². The van der Waals surface area contributed by atoms with Crippen molar-refractivity contribution in [2.24, 2.45) is 5.73 Å². The first kappa shape index (κ1) is 14.0. The average Bonchev–Trinajstić information content (AvgIpc) is 2.39. The van der Waals surface area contributed by atoms with Gasteiger partial charge in [0.25, 0.3) is 0 Å². The second-order valence-corrected chi connectivity index (χ2v) is 3.54. The molecule has 1 rings (SSSR count). The van der Waals surface area contributed by atoms with E-state index >= 15 is 0 Å². The minimum atomic E-state index is -1.02. The van der Waals surface area contributed by atoms with Crippen LogP contribution in [0.2, 0.25) is 0 Å². The lowest BCUT2D eigenvalue weighted by Crippen LogP contribution is -2.38. The number of carbonyl (C=O) groups excluding carboxylic acids is 2. The molecule has 0 radical (unpaired) electrons. The highest BCUT2D eigenvalue weighted by atomic mass is 16.5. The number of hydrogen-bond acceptors (Lipinski definition) is 4. The van der Waals surface area contributed by atoms with Crippen LogP contribution in [0.4, 0.5) is 0 Å². The molecule has 18 heavy (non-hydrogen) atoms. The minimum Gasteiger partial charge on any atom is -0.496 e. The third-order valence-electron chi connectivity index (χ3n) is 2.44. The standard InChI is InChI=1S/C12H16N2O4/c1-17-9-6-4-3-5-8(9)10(18-2)7-14-12(16)11(13)15/h3-6,10H,7H2,1-2H3,(H2,13,15)(H,14,16)/t10-/m0/s1. The van der Waals surface area contributed by atoms with Crippen molar-refractivity contribution in [1.29, 1.82) is 0 Å². The van der Waals surface area contributed by atoms with Crippen LogP contribution in [0.3, 0.4) is 0 Å². The Hall–Kier alpha value is -2.08. The van der Waals surface area contributed by atoms with Crippen molar-refractivity contribution in [2.45, 2.75) is 6.10 Å². The summed E-state index contributed by atoms with van der Waals surface area (Å²) in [4.78, 5) is 21.7. The van der Waals surface area contributed by atoms with E-state index in [1.54, 1.807) is 13.2 Å². The van der Waals surface area contributed by atoms with Crippen LogP contribution in [-0.4, -0.2) is 32.6 Å². The average molecular weight is 252 g/mol. The van der Waals surface area contributed by atoms with Gasteiger partial charge in [-0.15, -0.1) is 0 Å². The summed E-state index contributed by atoms with van der Waals surface area (Å²) in [5.41, 5.74) is 5.63. The predicted molar refractivity (Wildman–Crippen MR) is 64.9 cm³/mol. The molecule has 0 heterocycles. The number of para-hydroxylation sites is 1. The molecular formula is C12H16N2O4. The van der Waals surface area contributed by atoms with Crippen molar-refractivity contribution in [2.75, 3.05) is 20.8 Å². The van der Waals surface area contributed by atoms with Crippen LogP contribution >= 0.6 is 0 Å². The molecule has 0 spiro atoms. The maximum Gasteiger partial charge on any atom is 0.309 e. The molecule has 3 N–H and O–H groups in total. The Morgan fingerprint density at radius 1 is 1.33 bits per heavy atom. The van der Waals surface area contributed by atoms with Gasteiger partial charge < -0.3 is 20.5 Å². The van der Waals surface area contributed by atoms with Crippen LogP contribution in [0.25, 0.3) is 0 Å². The lowest BCUT2D eigenvalue weighted by molar-refractivity contribution is -0.137. The number of hydrogen-bond donors (Lipinski definition) is 2. The van der Waals surface area contributed by atoms with E-state index in [1.807, 2.05) is 18.2 Å². The maximum atomic E-state index is 11.1. The molecule has 1 atom stereocenters. The van der Waals surface area contributed by atoms with Gasteiger partial charge in [-0.3, -0.25) is 9.59 Å². The largest absolute Gasteiger partial charge is 0.496 e. The molecule has 0 bridgehead atoms. The van der Waals surface area contributed by atoms with Crippen LogP contribution in [0.5, 0.6) is 5.75 Å². The highest BCUT2D eigenvalue weighted by Crippen LogP contribution is 2.26. The molecule has 0 fully saturated rings. The summed E-state index contributed by atoms with van der Waals surface area (Å²) < 4.78 is 10.5. The van der Waals surface area contributed by atoms with E-state index in [1.165, 1.54) is 7.11 Å². The van der Waals surface area contributed by atoms with E-state index in [0.29, 0.717) is 5.75 Å². The summed E-state index contributed by atoms with van der Waals surface area (Å²) in [5.74, 6) is -1.21. The van der Waals surface area contributed by atoms with Crippen molar-refractivity contribution in [3.63, 3.8) is 0 Å². The number of methoxy groups -OCH3 is 2. The van der Waals surface area contributed by atoms with Crippen LogP contribution in [-0.2, 0) is 14.3 Å². The Balaban J connectivity index is 2.77. The Morgan fingerprint density at radius 3 is 2.56 bits per heavy atom. The lowest BCUT2D eigenvalue weighted by atomic mass is 10.1. The second kappa shape index (κ2) is 6.61. The molecule has 6 heteroatoms. The highest BCUT2D eigenvalue weighted by molar-refractivity contribution is 6.34. The quantitative estimate of drug-likeness (QED) is 0.721. The summed E-state index contributed by atoms with van der Waals surface area (Å²) >= 11 is 0. The molecule has 98 valence electrons. The second-order valence-electron chi connectivity index (χ2n) is 3.54. The highest BCUT2D eigenvalue weighted by Gasteiger charge is 2.17. The van der Waals surface area contributed by atoms with E-state index in [2.05, 4.69) is 5.32 Å². The first-order valence-electron chi connectivity index (χ1n) is 5.33. The summed E-state index contributed by atoms with van der Waals surface area (Å²) in [6.07, 6.45) is -0.413. The molecule has 1 aromatic carbocycles. The van der Waals surface area contributed by atoms with Crippen molar-refractivity contribution in [3.8, 4) is 5.75 Å². The zero-order valence-corrected chi connectivity index (χ0v) is 10.3. The smallest absolute Gasteiger partial charge is 0.309 e. The number of amides is 2. The molecule has 0 saturated carbocycles. The van der Waals surface area contributed by atoms with Gasteiger partial charge in [0.2, 0.25) is 0 Å². The molecule has 6 nitrogen and oxygen atoms in total. The van der Waals surface area contributed by atoms with E-state index in [9.17, 15) is 9.59 Å². The van der Waals surface area contributed by atoms with Gasteiger partial charge in [0, 0.05) is 19.2 Å². The van der Waals surface area contributed by atoms with Gasteiger partial charge >= 0.3 is 11.8 Å². The van der Waals surface area contributed by atoms with Crippen LogP contribution < -0.4 is 15.8 Å². The van der Waals surface area contributed by atoms with Crippen molar-refractivity contribution in [3.05, 3.63) is 29.8 Å². The number of rotatable bonds is 5. The maximum absolute atomic E-state index is 11.1. The number of nitrogens with one attached hydrogen (secondary N) is 1. The number of ether oxygens (including phenoxy) is 2. The third kappa shape index (κ3) is 3.46. The minimum absolute atomic E-state index is 0.138. The SMILES string of the molecule is COc1ccccc1[C@H](CNC(=O)C(N)=O)OC. The van der Waals surface area contributed by atoms with Gasteiger partial charge in [0.05, 0.1) is 7.11 Å². The zero-order chi connectivity index (χ0) is 13.5. The molecule has 2 amide bonds. The van der Waals surface area contributed by atoms with E-state index < -0.39 is 17.9 Å². The molecule has 0 aliphatic heterocycles. The number of carbonyl (C=O) groups is 2. The van der Waals surface area contributed by atoms with Gasteiger partial charge in [-0.25, -0.2) is 0 Å². The van der Waals surface area contributed by atoms with Gasteiger partial charge in [-0.2, -0.15) is 0 Å². The summed E-state index contributed by atoms with van der Waals surface area (Å²) in [6, 6.07) is 7.28. The van der Waals surface area contributed by atoms with Crippen molar-refractivity contribution in [1.82, 2.24) is 5.32 Å². The topological polar surface area (TPSA) is 90.6 Å². The lowest BCUT2D eigenvalue weighted by Gasteiger charge is -2.18. The Morgan fingerprint density at radius 2 is 2.00 bits per heavy atom. The first-order valence-corrected chi connectivity index (χ1v) is 5.33. The van der Waals surface area contributed by atoms with E-state index in [4.69, 9.17) is 15.2 Å². The third-order valence-corrected chi connectivity index (χ3v) is 2.44. The molecule has 0 aromatic heterocycles. The number of benzene rings is 1. The fourth-order valence-corrected chi connectivity index (χ4v) is 1.53.